The molecule has 0 atom stereocenters. The van der Waals surface area contributed by atoms with Gasteiger partial charge in [0.2, 0.25) is 0 Å². The third kappa shape index (κ3) is 3.76. The van der Waals surface area contributed by atoms with Gasteiger partial charge in [0.25, 0.3) is 0 Å². The van der Waals surface area contributed by atoms with Crippen LogP contribution >= 0.6 is 15.9 Å². The number of ether oxygens (including phenoxy) is 3. The summed E-state index contributed by atoms with van der Waals surface area (Å²) in [5.41, 5.74) is 1.56. The Kier molecular flexibility index (Phi) is 5.98. The number of Topliss-reactive ketones (excluding diaryl/α,β-unsaturated/α-hetero) is 1. The minimum atomic E-state index is -0.431. The van der Waals surface area contributed by atoms with Gasteiger partial charge in [-0.25, -0.2) is 4.79 Å². The van der Waals surface area contributed by atoms with Gasteiger partial charge >= 0.3 is 5.97 Å². The van der Waals surface area contributed by atoms with Crippen molar-refractivity contribution in [3.05, 3.63) is 57.6 Å². The van der Waals surface area contributed by atoms with Crippen LogP contribution in [0, 0.1) is 0 Å². The van der Waals surface area contributed by atoms with Crippen molar-refractivity contribution in [2.45, 2.75) is 6.42 Å². The molecule has 0 amide bonds. The van der Waals surface area contributed by atoms with Gasteiger partial charge in [0.15, 0.2) is 5.78 Å². The van der Waals surface area contributed by atoms with E-state index in [-0.39, 0.29) is 12.2 Å². The highest BCUT2D eigenvalue weighted by Crippen LogP contribution is 2.30. The largest absolute Gasteiger partial charge is 0.496 e. The monoisotopic (exact) mass is 392 g/mol. The first-order valence-corrected chi connectivity index (χ1v) is 7.92. The molecule has 0 saturated heterocycles. The summed E-state index contributed by atoms with van der Waals surface area (Å²) in [6, 6.07) is 10.2. The van der Waals surface area contributed by atoms with Crippen molar-refractivity contribution in [1.82, 2.24) is 0 Å². The summed E-state index contributed by atoms with van der Waals surface area (Å²) in [6.45, 7) is 0. The van der Waals surface area contributed by atoms with Crippen molar-refractivity contribution in [2.75, 3.05) is 21.3 Å². The molecule has 0 aliphatic heterocycles. The third-order valence-corrected chi connectivity index (χ3v) is 4.27. The molecule has 2 aromatic carbocycles. The molecule has 0 fully saturated rings. The number of esters is 1. The molecule has 0 bridgehead atoms. The summed E-state index contributed by atoms with van der Waals surface area (Å²) in [6.07, 6.45) is 0.138. The Bertz CT molecular complexity index is 748. The number of ketones is 1. The summed E-state index contributed by atoms with van der Waals surface area (Å²) in [4.78, 5) is 24.3. The Labute approximate surface area is 148 Å². The number of hydrogen-bond acceptors (Lipinski definition) is 5. The topological polar surface area (TPSA) is 61.8 Å². The standard InChI is InChI=1S/C18H17BrO5/c1-22-15-5-4-6-16(23-2)17(15)14(20)10-11-7-8-12(9-13(11)19)18(21)24-3/h4-9H,10H2,1-3H3. The molecule has 0 aliphatic carbocycles. The number of hydrogen-bond donors (Lipinski definition) is 0. The minimum Gasteiger partial charge on any atom is -0.496 e. The SMILES string of the molecule is COC(=O)c1ccc(CC(=O)c2c(OC)cccc2OC)c(Br)c1. The molecule has 2 rings (SSSR count). The van der Waals surface area contributed by atoms with Gasteiger partial charge in [0, 0.05) is 10.9 Å². The van der Waals surface area contributed by atoms with E-state index in [9.17, 15) is 9.59 Å². The Balaban J connectivity index is 2.32. The fraction of sp³-hybridized carbons (Fsp3) is 0.222. The van der Waals surface area contributed by atoms with Crippen LogP contribution in [-0.2, 0) is 11.2 Å². The van der Waals surface area contributed by atoms with E-state index >= 15 is 0 Å². The van der Waals surface area contributed by atoms with E-state index in [2.05, 4.69) is 20.7 Å². The van der Waals surface area contributed by atoms with Crippen LogP contribution in [0.3, 0.4) is 0 Å². The van der Waals surface area contributed by atoms with Crippen molar-refractivity contribution >= 4 is 27.7 Å². The van der Waals surface area contributed by atoms with E-state index in [4.69, 9.17) is 9.47 Å². The first-order valence-electron chi connectivity index (χ1n) is 7.12. The molecule has 0 saturated carbocycles. The normalized spacial score (nSPS) is 10.2. The van der Waals surface area contributed by atoms with E-state index in [1.165, 1.54) is 21.3 Å². The molecule has 126 valence electrons. The lowest BCUT2D eigenvalue weighted by Gasteiger charge is -2.12. The zero-order valence-corrected chi connectivity index (χ0v) is 15.2. The Hall–Kier alpha value is -2.34. The quantitative estimate of drug-likeness (QED) is 0.554. The molecule has 0 spiro atoms. The molecule has 0 unspecified atom stereocenters. The smallest absolute Gasteiger partial charge is 0.337 e. The van der Waals surface area contributed by atoms with Crippen molar-refractivity contribution in [3.63, 3.8) is 0 Å². The summed E-state index contributed by atoms with van der Waals surface area (Å²) in [5, 5.41) is 0. The molecule has 0 radical (unpaired) electrons. The predicted octanol–water partition coefficient (Wildman–Crippen LogP) is 3.68. The average molecular weight is 393 g/mol. The number of methoxy groups -OCH3 is 3. The third-order valence-electron chi connectivity index (χ3n) is 3.53. The minimum absolute atomic E-state index is 0.138. The first kappa shape index (κ1) is 18.0. The van der Waals surface area contributed by atoms with Gasteiger partial charge in [0.05, 0.1) is 26.9 Å². The number of benzene rings is 2. The molecule has 0 N–H and O–H groups in total. The van der Waals surface area contributed by atoms with Gasteiger partial charge in [-0.3, -0.25) is 4.79 Å². The fourth-order valence-corrected chi connectivity index (χ4v) is 2.84. The Morgan fingerprint density at radius 3 is 2.12 bits per heavy atom. The Morgan fingerprint density at radius 1 is 1.00 bits per heavy atom. The molecule has 24 heavy (non-hydrogen) atoms. The van der Waals surface area contributed by atoms with Crippen LogP contribution < -0.4 is 9.47 Å². The maximum atomic E-state index is 12.7. The summed E-state index contributed by atoms with van der Waals surface area (Å²) >= 11 is 3.39. The number of carbonyl (C=O) groups is 2. The van der Waals surface area contributed by atoms with Gasteiger partial charge < -0.3 is 14.2 Å². The molecule has 5 nitrogen and oxygen atoms in total. The molecular formula is C18H17BrO5. The van der Waals surface area contributed by atoms with Crippen LogP contribution in [0.2, 0.25) is 0 Å². The Morgan fingerprint density at radius 2 is 1.62 bits per heavy atom. The first-order chi connectivity index (χ1) is 11.5. The van der Waals surface area contributed by atoms with E-state index in [0.29, 0.717) is 27.1 Å². The molecule has 0 aliphatic rings. The van der Waals surface area contributed by atoms with Gasteiger partial charge in [-0.15, -0.1) is 0 Å². The zero-order chi connectivity index (χ0) is 17.7. The van der Waals surface area contributed by atoms with Crippen LogP contribution in [0.4, 0.5) is 0 Å². The van der Waals surface area contributed by atoms with Crippen molar-refractivity contribution < 1.29 is 23.8 Å². The molecule has 6 heteroatoms. The molecular weight excluding hydrogens is 376 g/mol. The molecule has 2 aromatic rings. The zero-order valence-electron chi connectivity index (χ0n) is 13.6. The maximum absolute atomic E-state index is 12.7. The van der Waals surface area contributed by atoms with Crippen LogP contribution in [0.5, 0.6) is 11.5 Å². The summed E-state index contributed by atoms with van der Waals surface area (Å²) in [7, 11) is 4.33. The fourth-order valence-electron chi connectivity index (χ4n) is 2.32. The average Bonchev–Trinajstić information content (AvgIpc) is 2.61. The van der Waals surface area contributed by atoms with Crippen LogP contribution in [-0.4, -0.2) is 33.1 Å². The second-order valence-corrected chi connectivity index (χ2v) is 5.79. The highest BCUT2D eigenvalue weighted by molar-refractivity contribution is 9.10. The maximum Gasteiger partial charge on any atom is 0.337 e. The number of halogens is 1. The van der Waals surface area contributed by atoms with Crippen LogP contribution in [0.25, 0.3) is 0 Å². The highest BCUT2D eigenvalue weighted by atomic mass is 79.9. The lowest BCUT2D eigenvalue weighted by molar-refractivity contribution is 0.0600. The van der Waals surface area contributed by atoms with Gasteiger partial charge in [-0.2, -0.15) is 0 Å². The predicted molar refractivity (Wildman–Crippen MR) is 93.1 cm³/mol. The van der Waals surface area contributed by atoms with E-state index in [1.54, 1.807) is 36.4 Å². The van der Waals surface area contributed by atoms with Gasteiger partial charge in [0.1, 0.15) is 17.1 Å². The molecule has 0 aromatic heterocycles. The van der Waals surface area contributed by atoms with Crippen LogP contribution in [0.1, 0.15) is 26.3 Å². The number of carbonyl (C=O) groups excluding carboxylic acids is 2. The van der Waals surface area contributed by atoms with Crippen molar-refractivity contribution in [2.24, 2.45) is 0 Å². The van der Waals surface area contributed by atoms with Crippen LogP contribution in [0.15, 0.2) is 40.9 Å². The summed E-state index contributed by atoms with van der Waals surface area (Å²) < 4.78 is 15.9. The molecule has 0 heterocycles. The van der Waals surface area contributed by atoms with E-state index < -0.39 is 5.97 Å². The van der Waals surface area contributed by atoms with E-state index in [1.807, 2.05) is 0 Å². The van der Waals surface area contributed by atoms with E-state index in [0.717, 1.165) is 5.56 Å². The highest BCUT2D eigenvalue weighted by Gasteiger charge is 2.19. The number of rotatable bonds is 6. The lowest BCUT2D eigenvalue weighted by atomic mass is 10.0. The summed E-state index contributed by atoms with van der Waals surface area (Å²) in [5.74, 6) is 0.346. The second kappa shape index (κ2) is 7.97. The van der Waals surface area contributed by atoms with Crippen molar-refractivity contribution in [1.29, 1.82) is 0 Å². The van der Waals surface area contributed by atoms with Gasteiger partial charge in [-0.1, -0.05) is 28.1 Å². The second-order valence-electron chi connectivity index (χ2n) is 4.94. The van der Waals surface area contributed by atoms with Crippen molar-refractivity contribution in [3.8, 4) is 11.5 Å². The van der Waals surface area contributed by atoms with Gasteiger partial charge in [-0.05, 0) is 29.8 Å². The lowest BCUT2D eigenvalue weighted by Crippen LogP contribution is -2.09.